The summed E-state index contributed by atoms with van der Waals surface area (Å²) in [7, 11) is 0. The number of hydrogen-bond donors (Lipinski definition) is 13. The molecule has 1 unspecified atom stereocenters. The van der Waals surface area contributed by atoms with Crippen LogP contribution in [0.2, 0.25) is 0 Å². The Balaban J connectivity index is 1.58. The van der Waals surface area contributed by atoms with Crippen molar-refractivity contribution in [3.63, 3.8) is 0 Å². The largest absolute Gasteiger partial charge is 0.481 e. The predicted molar refractivity (Wildman–Crippen MR) is 193 cm³/mol. The number of aliphatic hydroxyl groups excluding tert-OH is 6. The lowest BCUT2D eigenvalue weighted by molar-refractivity contribution is -0.292. The fraction of sp³-hybridized carbons (Fsp3) is 0.941. The standard InChI is InChI=1S/C34H68N6O13/c1-22-26(43)28(45)30(47)33(52-22)50-20-18-38-15-14-36-12-13-37-16-17-39-24(8-5-7-11-35-10-6-3-4-9-25(41)42)32(49)40-19-21-51-34-31(48)29(46)27(44)23(2)53-34/h22-24,26-31,33-39,43-48H,3-21H2,1-2H3,(H,40,49)(H,41,42)/t22-,23-,24?,26+,27+,28+,29+,30-,31-,33+,34+/m0/s1. The van der Waals surface area contributed by atoms with Gasteiger partial charge in [0.05, 0.1) is 31.5 Å². The molecule has 0 bridgehead atoms. The molecule has 2 rings (SSSR count). The number of amides is 1. The number of rotatable bonds is 30. The molecule has 19 nitrogen and oxygen atoms in total. The van der Waals surface area contributed by atoms with Gasteiger partial charge in [0.2, 0.25) is 5.91 Å². The Morgan fingerprint density at radius 3 is 1.58 bits per heavy atom. The molecule has 0 radical (unpaired) electrons. The van der Waals surface area contributed by atoms with Gasteiger partial charge in [0.25, 0.3) is 0 Å². The number of nitrogens with one attached hydrogen (secondary N) is 6. The van der Waals surface area contributed by atoms with E-state index in [1.807, 2.05) is 0 Å². The summed E-state index contributed by atoms with van der Waals surface area (Å²) < 4.78 is 21.9. The number of aliphatic hydroxyl groups is 6. The summed E-state index contributed by atoms with van der Waals surface area (Å²) in [5.74, 6) is -0.949. The van der Waals surface area contributed by atoms with Gasteiger partial charge in [-0.25, -0.2) is 0 Å². The van der Waals surface area contributed by atoms with Gasteiger partial charge in [0.15, 0.2) is 12.6 Å². The zero-order valence-electron chi connectivity index (χ0n) is 31.4. The van der Waals surface area contributed by atoms with Crippen LogP contribution in [0, 0.1) is 0 Å². The molecule has 2 heterocycles. The number of aliphatic carboxylic acids is 1. The summed E-state index contributed by atoms with van der Waals surface area (Å²) in [6.07, 6.45) is -6.33. The van der Waals surface area contributed by atoms with Crippen molar-refractivity contribution in [3.05, 3.63) is 0 Å². The lowest BCUT2D eigenvalue weighted by Crippen LogP contribution is -2.57. The molecule has 53 heavy (non-hydrogen) atoms. The first kappa shape index (κ1) is 47.5. The highest BCUT2D eigenvalue weighted by Gasteiger charge is 2.43. The van der Waals surface area contributed by atoms with E-state index in [2.05, 4.69) is 31.9 Å². The second kappa shape index (κ2) is 27.8. The van der Waals surface area contributed by atoms with E-state index in [1.54, 1.807) is 13.8 Å². The van der Waals surface area contributed by atoms with E-state index in [1.165, 1.54) is 0 Å². The predicted octanol–water partition coefficient (Wildman–Crippen LogP) is -4.08. The first-order valence-electron chi connectivity index (χ1n) is 19.1. The van der Waals surface area contributed by atoms with Gasteiger partial charge < -0.3 is 86.6 Å². The molecule has 2 saturated heterocycles. The summed E-state index contributed by atoms with van der Waals surface area (Å²) in [6, 6.07) is -0.428. The normalized spacial score (nSPS) is 29.6. The first-order chi connectivity index (χ1) is 25.4. The third kappa shape index (κ3) is 19.2. The van der Waals surface area contributed by atoms with Gasteiger partial charge in [-0.3, -0.25) is 9.59 Å². The van der Waals surface area contributed by atoms with Crippen molar-refractivity contribution in [1.82, 2.24) is 31.9 Å². The number of carboxylic acid groups (broad SMARTS) is 1. The summed E-state index contributed by atoms with van der Waals surface area (Å²) in [5.41, 5.74) is 0. The van der Waals surface area contributed by atoms with Crippen molar-refractivity contribution in [2.75, 3.05) is 78.7 Å². The van der Waals surface area contributed by atoms with Gasteiger partial charge in [-0.15, -0.1) is 0 Å². The van der Waals surface area contributed by atoms with Crippen molar-refractivity contribution in [2.45, 2.75) is 126 Å². The monoisotopic (exact) mass is 768 g/mol. The van der Waals surface area contributed by atoms with Gasteiger partial charge in [-0.1, -0.05) is 12.8 Å². The van der Waals surface area contributed by atoms with Crippen LogP contribution >= 0.6 is 0 Å². The Morgan fingerprint density at radius 1 is 0.566 bits per heavy atom. The van der Waals surface area contributed by atoms with Crippen molar-refractivity contribution in [2.24, 2.45) is 0 Å². The van der Waals surface area contributed by atoms with E-state index in [9.17, 15) is 40.2 Å². The van der Waals surface area contributed by atoms with Crippen LogP contribution in [0.1, 0.15) is 58.8 Å². The van der Waals surface area contributed by atoms with E-state index >= 15 is 0 Å². The first-order valence-corrected chi connectivity index (χ1v) is 19.1. The van der Waals surface area contributed by atoms with E-state index in [0.717, 1.165) is 58.4 Å². The summed E-state index contributed by atoms with van der Waals surface area (Å²) in [4.78, 5) is 23.7. The number of hydrogen-bond acceptors (Lipinski definition) is 17. The molecule has 0 aromatic heterocycles. The lowest BCUT2D eigenvalue weighted by Gasteiger charge is -2.38. The van der Waals surface area contributed by atoms with Crippen molar-refractivity contribution >= 4 is 11.9 Å². The smallest absolute Gasteiger partial charge is 0.303 e. The molecule has 0 aromatic carbocycles. The van der Waals surface area contributed by atoms with Crippen molar-refractivity contribution < 1.29 is 64.3 Å². The highest BCUT2D eigenvalue weighted by atomic mass is 16.7. The third-order valence-electron chi connectivity index (χ3n) is 9.17. The Labute approximate surface area is 312 Å². The van der Waals surface area contributed by atoms with Gasteiger partial charge >= 0.3 is 5.97 Å². The summed E-state index contributed by atoms with van der Waals surface area (Å²) in [6.45, 7) is 9.90. The fourth-order valence-corrected chi connectivity index (χ4v) is 5.84. The molecule has 0 aliphatic carbocycles. The molecule has 0 aromatic rings. The minimum absolute atomic E-state index is 0.0413. The maximum atomic E-state index is 13.1. The Kier molecular flexibility index (Phi) is 25.0. The number of ether oxygens (including phenoxy) is 4. The number of carboxylic acids is 1. The van der Waals surface area contributed by atoms with E-state index in [-0.39, 0.29) is 32.1 Å². The van der Waals surface area contributed by atoms with Crippen molar-refractivity contribution in [3.8, 4) is 0 Å². The maximum absolute atomic E-state index is 13.1. The minimum Gasteiger partial charge on any atom is -0.481 e. The Hall–Kier alpha value is -1.66. The molecule has 1 amide bonds. The van der Waals surface area contributed by atoms with Crippen LogP contribution in [-0.2, 0) is 28.5 Å². The lowest BCUT2D eigenvalue weighted by atomic mass is 10.0. The number of carbonyl (C=O) groups is 2. The number of carbonyl (C=O) groups excluding carboxylic acids is 1. The van der Waals surface area contributed by atoms with Crippen LogP contribution in [0.15, 0.2) is 0 Å². The third-order valence-corrected chi connectivity index (χ3v) is 9.17. The summed E-state index contributed by atoms with van der Waals surface area (Å²) >= 11 is 0. The highest BCUT2D eigenvalue weighted by molar-refractivity contribution is 5.81. The van der Waals surface area contributed by atoms with E-state index in [4.69, 9.17) is 24.1 Å². The highest BCUT2D eigenvalue weighted by Crippen LogP contribution is 2.22. The van der Waals surface area contributed by atoms with Crippen LogP contribution in [0.25, 0.3) is 0 Å². The molecule has 11 atom stereocenters. The molecule has 0 saturated carbocycles. The molecule has 2 aliphatic heterocycles. The molecule has 312 valence electrons. The topological polar surface area (TPSA) is 285 Å². The van der Waals surface area contributed by atoms with Gasteiger partial charge in [0, 0.05) is 58.8 Å². The number of unbranched alkanes of at least 4 members (excludes halogenated alkanes) is 3. The maximum Gasteiger partial charge on any atom is 0.303 e. The molecular formula is C34H68N6O13. The Bertz CT molecular complexity index is 978. The average molecular weight is 769 g/mol. The molecule has 0 spiro atoms. The Morgan fingerprint density at radius 2 is 1.04 bits per heavy atom. The van der Waals surface area contributed by atoms with Crippen LogP contribution in [0.4, 0.5) is 0 Å². The molecule has 2 fully saturated rings. The zero-order valence-corrected chi connectivity index (χ0v) is 31.4. The zero-order chi connectivity index (χ0) is 39.0. The van der Waals surface area contributed by atoms with Crippen LogP contribution in [-0.4, -0.2) is 194 Å². The SMILES string of the molecule is C[C@@H]1O[C@@H](OCCNCCNCCNCCNC(CCCCNCCCCCC(=O)O)C(=O)NCCO[C@@H]2O[C@@H](C)[C@@H](O)[C@@H](O)[C@@H]2O)[C@@H](O)[C@H](O)[C@@H]1O. The van der Waals surface area contributed by atoms with E-state index in [0.29, 0.717) is 39.0 Å². The van der Waals surface area contributed by atoms with E-state index < -0.39 is 73.4 Å². The molecule has 2 aliphatic rings. The van der Waals surface area contributed by atoms with Crippen LogP contribution in [0.5, 0.6) is 0 Å². The summed E-state index contributed by atoms with van der Waals surface area (Å²) in [5, 5.41) is 87.8. The molecule has 13 N–H and O–H groups in total. The minimum atomic E-state index is -1.41. The van der Waals surface area contributed by atoms with Gasteiger partial charge in [-0.05, 0) is 52.6 Å². The molecular weight excluding hydrogens is 700 g/mol. The molecule has 19 heteroatoms. The van der Waals surface area contributed by atoms with Crippen LogP contribution in [0.3, 0.4) is 0 Å². The van der Waals surface area contributed by atoms with Gasteiger partial charge in [0.1, 0.15) is 36.6 Å². The van der Waals surface area contributed by atoms with Gasteiger partial charge in [-0.2, -0.15) is 0 Å². The fourth-order valence-electron chi connectivity index (χ4n) is 5.84. The van der Waals surface area contributed by atoms with Crippen molar-refractivity contribution in [1.29, 1.82) is 0 Å². The second-order valence-electron chi connectivity index (χ2n) is 13.6. The average Bonchev–Trinajstić information content (AvgIpc) is 3.13. The quantitative estimate of drug-likeness (QED) is 0.0310. The van der Waals surface area contributed by atoms with Crippen LogP contribution < -0.4 is 31.9 Å². The second-order valence-corrected chi connectivity index (χ2v) is 13.6.